The zero-order valence-electron chi connectivity index (χ0n) is 17.3. The molecule has 3 N–H and O–H groups in total. The fourth-order valence-electron chi connectivity index (χ4n) is 3.72. The zero-order chi connectivity index (χ0) is 22.2. The normalized spacial score (nSPS) is 11.0. The molecule has 0 bridgehead atoms. The van der Waals surface area contributed by atoms with Crippen molar-refractivity contribution in [3.63, 3.8) is 0 Å². The molecule has 5 rings (SSSR count). The number of ether oxygens (including phenoxy) is 1. The summed E-state index contributed by atoms with van der Waals surface area (Å²) in [4.78, 5) is 13.2. The Labute approximate surface area is 183 Å². The van der Waals surface area contributed by atoms with Gasteiger partial charge in [-0.15, -0.1) is 0 Å². The number of anilines is 1. The molecule has 32 heavy (non-hydrogen) atoms. The molecule has 0 spiro atoms. The topological polar surface area (TPSA) is 95.3 Å². The predicted molar refractivity (Wildman–Crippen MR) is 123 cm³/mol. The molecule has 158 valence electrons. The number of aromatic nitrogens is 3. The molecule has 0 radical (unpaired) electrons. The molecule has 0 amide bonds. The molecule has 0 atom stereocenters. The highest BCUT2D eigenvalue weighted by Crippen LogP contribution is 2.33. The summed E-state index contributed by atoms with van der Waals surface area (Å²) in [5.41, 5.74) is 8.57. The lowest BCUT2D eigenvalue weighted by Gasteiger charge is -2.10. The number of hydrogen-bond donors (Lipinski definition) is 2. The zero-order valence-corrected chi connectivity index (χ0v) is 17.3. The number of para-hydroxylation sites is 2. The largest absolute Gasteiger partial charge is 0.504 e. The smallest absolute Gasteiger partial charge is 0.214 e. The molecular weight excluding hydrogens is 404 g/mol. The van der Waals surface area contributed by atoms with Gasteiger partial charge in [-0.25, -0.2) is 4.68 Å². The van der Waals surface area contributed by atoms with Gasteiger partial charge < -0.3 is 20.1 Å². The molecule has 0 aliphatic carbocycles. The summed E-state index contributed by atoms with van der Waals surface area (Å²) >= 11 is 0. The molecule has 7 nitrogen and oxygen atoms in total. The predicted octanol–water partition coefficient (Wildman–Crippen LogP) is 4.68. The van der Waals surface area contributed by atoms with E-state index in [1.54, 1.807) is 24.3 Å². The van der Waals surface area contributed by atoms with Crippen LogP contribution in [0.25, 0.3) is 16.6 Å². The molecule has 0 aliphatic heterocycles. The van der Waals surface area contributed by atoms with Crippen LogP contribution in [0, 0.1) is 0 Å². The number of carbonyl (C=O) groups is 1. The third-order valence-corrected chi connectivity index (χ3v) is 5.39. The van der Waals surface area contributed by atoms with E-state index in [1.165, 1.54) is 16.9 Å². The number of nitrogen functional groups attached to an aromatic ring is 1. The number of carbonyl (C=O) groups excluding carboxylic acids is 1. The standard InChI is InChI=1S/C25H20N4O3/c1-28-20-10-6-5-7-16(20)13-21(28)24(31)19-15-27-29(25(19)26)17-11-12-23(22(30)14-17)32-18-8-3-2-4-9-18/h2-15,30H,26H2,1H3. The molecule has 0 fully saturated rings. The Balaban J connectivity index is 1.46. The van der Waals surface area contributed by atoms with Crippen molar-refractivity contribution >= 4 is 22.5 Å². The fraction of sp³-hybridized carbons (Fsp3) is 0.0400. The SMILES string of the molecule is Cn1c(C(=O)c2cnn(-c3ccc(Oc4ccccc4)c(O)c3)c2N)cc2ccccc21. The Morgan fingerprint density at radius 3 is 2.50 bits per heavy atom. The number of aryl methyl sites for hydroxylation is 1. The molecule has 2 heterocycles. The van der Waals surface area contributed by atoms with Crippen LogP contribution in [-0.2, 0) is 7.05 Å². The summed E-state index contributed by atoms with van der Waals surface area (Å²) in [7, 11) is 1.85. The second-order valence-electron chi connectivity index (χ2n) is 7.40. The van der Waals surface area contributed by atoms with Crippen LogP contribution in [0.2, 0.25) is 0 Å². The number of hydrogen-bond acceptors (Lipinski definition) is 5. The minimum absolute atomic E-state index is 0.0668. The molecule has 0 aliphatic rings. The molecule has 0 saturated heterocycles. The van der Waals surface area contributed by atoms with Gasteiger partial charge in [-0.3, -0.25) is 4.79 Å². The first-order chi connectivity index (χ1) is 15.5. The average Bonchev–Trinajstić information content (AvgIpc) is 3.36. The van der Waals surface area contributed by atoms with Crippen molar-refractivity contribution in [2.24, 2.45) is 7.05 Å². The van der Waals surface area contributed by atoms with E-state index in [2.05, 4.69) is 5.10 Å². The second kappa shape index (κ2) is 7.63. The van der Waals surface area contributed by atoms with E-state index >= 15 is 0 Å². The van der Waals surface area contributed by atoms with E-state index in [1.807, 2.05) is 60.1 Å². The van der Waals surface area contributed by atoms with E-state index in [-0.39, 0.29) is 17.4 Å². The van der Waals surface area contributed by atoms with E-state index in [9.17, 15) is 9.90 Å². The van der Waals surface area contributed by atoms with Gasteiger partial charge in [-0.05, 0) is 36.4 Å². The number of aromatic hydroxyl groups is 1. The summed E-state index contributed by atoms with van der Waals surface area (Å²) in [5.74, 6) is 0.814. The van der Waals surface area contributed by atoms with Gasteiger partial charge in [0, 0.05) is 24.0 Å². The minimum Gasteiger partial charge on any atom is -0.504 e. The molecule has 0 unspecified atom stereocenters. The highest BCUT2D eigenvalue weighted by Gasteiger charge is 2.21. The monoisotopic (exact) mass is 424 g/mol. The minimum atomic E-state index is -0.222. The summed E-state index contributed by atoms with van der Waals surface area (Å²) in [6.07, 6.45) is 1.45. The highest BCUT2D eigenvalue weighted by atomic mass is 16.5. The first-order valence-electron chi connectivity index (χ1n) is 10.0. The van der Waals surface area contributed by atoms with Gasteiger partial charge in [0.1, 0.15) is 11.6 Å². The molecular formula is C25H20N4O3. The maximum atomic E-state index is 13.2. The van der Waals surface area contributed by atoms with Crippen LogP contribution in [0.4, 0.5) is 5.82 Å². The van der Waals surface area contributed by atoms with Gasteiger partial charge in [-0.1, -0.05) is 36.4 Å². The number of nitrogens with zero attached hydrogens (tertiary/aromatic N) is 3. The van der Waals surface area contributed by atoms with E-state index in [0.717, 1.165) is 10.9 Å². The molecule has 7 heteroatoms. The fourth-order valence-corrected chi connectivity index (χ4v) is 3.72. The van der Waals surface area contributed by atoms with Gasteiger partial charge in [0.25, 0.3) is 0 Å². The van der Waals surface area contributed by atoms with Gasteiger partial charge in [0.05, 0.1) is 23.1 Å². The van der Waals surface area contributed by atoms with Crippen molar-refractivity contribution in [2.75, 3.05) is 5.73 Å². The van der Waals surface area contributed by atoms with Crippen molar-refractivity contribution < 1.29 is 14.6 Å². The van der Waals surface area contributed by atoms with Crippen molar-refractivity contribution in [1.82, 2.24) is 14.3 Å². The summed E-state index contributed by atoms with van der Waals surface area (Å²) in [5, 5.41) is 15.7. The molecule has 2 aromatic heterocycles. The number of ketones is 1. The number of phenolic OH excluding ortho intramolecular Hbond substituents is 1. The quantitative estimate of drug-likeness (QED) is 0.400. The van der Waals surface area contributed by atoms with Gasteiger partial charge >= 0.3 is 0 Å². The number of fused-ring (bicyclic) bond motifs is 1. The third-order valence-electron chi connectivity index (χ3n) is 5.39. The first kappa shape index (κ1) is 19.4. The average molecular weight is 424 g/mol. The van der Waals surface area contributed by atoms with Gasteiger partial charge in [0.15, 0.2) is 11.5 Å². The lowest BCUT2D eigenvalue weighted by Crippen LogP contribution is -2.10. The number of benzene rings is 3. The van der Waals surface area contributed by atoms with Crippen molar-refractivity contribution in [1.29, 1.82) is 0 Å². The van der Waals surface area contributed by atoms with E-state index in [4.69, 9.17) is 10.5 Å². The van der Waals surface area contributed by atoms with Crippen LogP contribution in [0.5, 0.6) is 17.2 Å². The number of rotatable bonds is 5. The lowest BCUT2D eigenvalue weighted by molar-refractivity contribution is 0.103. The van der Waals surface area contributed by atoms with Crippen LogP contribution in [0.1, 0.15) is 16.1 Å². The number of phenols is 1. The van der Waals surface area contributed by atoms with Gasteiger partial charge in [0.2, 0.25) is 5.78 Å². The maximum Gasteiger partial charge on any atom is 0.214 e. The Hall–Kier alpha value is -4.52. The first-order valence-corrected chi connectivity index (χ1v) is 10.0. The van der Waals surface area contributed by atoms with E-state index in [0.29, 0.717) is 28.4 Å². The van der Waals surface area contributed by atoms with E-state index < -0.39 is 0 Å². The Bertz CT molecular complexity index is 1450. The summed E-state index contributed by atoms with van der Waals surface area (Å²) in [6.45, 7) is 0. The van der Waals surface area contributed by atoms with Crippen LogP contribution in [0.15, 0.2) is 85.1 Å². The van der Waals surface area contributed by atoms with Crippen molar-refractivity contribution in [3.8, 4) is 22.9 Å². The Morgan fingerprint density at radius 1 is 1.00 bits per heavy atom. The van der Waals surface area contributed by atoms with Crippen LogP contribution in [0.3, 0.4) is 0 Å². The van der Waals surface area contributed by atoms with Gasteiger partial charge in [-0.2, -0.15) is 5.10 Å². The highest BCUT2D eigenvalue weighted by molar-refractivity contribution is 6.12. The molecule has 5 aromatic rings. The van der Waals surface area contributed by atoms with Crippen LogP contribution < -0.4 is 10.5 Å². The maximum absolute atomic E-state index is 13.2. The third kappa shape index (κ3) is 3.26. The van der Waals surface area contributed by atoms with Crippen molar-refractivity contribution in [2.45, 2.75) is 0 Å². The van der Waals surface area contributed by atoms with Crippen molar-refractivity contribution in [3.05, 3.63) is 96.3 Å². The summed E-state index contributed by atoms with van der Waals surface area (Å²) < 4.78 is 8.97. The Morgan fingerprint density at radius 2 is 1.75 bits per heavy atom. The van der Waals surface area contributed by atoms with Crippen LogP contribution >= 0.6 is 0 Å². The Kier molecular flexibility index (Phi) is 4.63. The second-order valence-corrected chi connectivity index (χ2v) is 7.40. The molecule has 0 saturated carbocycles. The molecule has 3 aromatic carbocycles. The number of nitrogens with two attached hydrogens (primary N) is 1. The van der Waals surface area contributed by atoms with Crippen LogP contribution in [-0.4, -0.2) is 25.2 Å². The lowest BCUT2D eigenvalue weighted by atomic mass is 10.1. The summed E-state index contributed by atoms with van der Waals surface area (Å²) in [6, 6.07) is 23.6.